The molecule has 1 saturated heterocycles. The molecule has 2 N–H and O–H groups in total. The standard InChI is InChI=1S/C19H30O5/c1-17(2)13-7-9-18(3,14(13)5-6-16(22)24-17)11-12-19(4,23)10-8-15(20)21/h11-14,23H,5-10H2,1-4H3,(H,20,21). The van der Waals surface area contributed by atoms with Crippen LogP contribution >= 0.6 is 0 Å². The lowest BCUT2D eigenvalue weighted by atomic mass is 9.70. The van der Waals surface area contributed by atoms with Crippen molar-refractivity contribution in [3.63, 3.8) is 0 Å². The molecule has 1 aliphatic heterocycles. The minimum absolute atomic E-state index is 0.0600. The number of aliphatic carboxylic acids is 1. The van der Waals surface area contributed by atoms with Crippen molar-refractivity contribution in [1.82, 2.24) is 0 Å². The number of aliphatic hydroxyl groups is 1. The molecule has 5 heteroatoms. The van der Waals surface area contributed by atoms with Crippen molar-refractivity contribution < 1.29 is 24.5 Å². The second-order valence-electron chi connectivity index (χ2n) is 8.46. The van der Waals surface area contributed by atoms with E-state index in [-0.39, 0.29) is 24.2 Å². The fourth-order valence-corrected chi connectivity index (χ4v) is 4.39. The molecule has 5 nitrogen and oxygen atoms in total. The van der Waals surface area contributed by atoms with Crippen molar-refractivity contribution in [1.29, 1.82) is 0 Å². The Morgan fingerprint density at radius 2 is 2.00 bits per heavy atom. The summed E-state index contributed by atoms with van der Waals surface area (Å²) in [5.74, 6) is -0.403. The van der Waals surface area contributed by atoms with Gasteiger partial charge in [0.25, 0.3) is 0 Å². The Labute approximate surface area is 144 Å². The first kappa shape index (κ1) is 19.0. The number of hydrogen-bond acceptors (Lipinski definition) is 4. The summed E-state index contributed by atoms with van der Waals surface area (Å²) in [7, 11) is 0. The second kappa shape index (κ2) is 6.51. The number of carboxylic acid groups (broad SMARTS) is 1. The van der Waals surface area contributed by atoms with Crippen LogP contribution in [-0.2, 0) is 14.3 Å². The van der Waals surface area contributed by atoms with Crippen LogP contribution in [0.25, 0.3) is 0 Å². The zero-order chi connectivity index (χ0) is 18.2. The minimum atomic E-state index is -1.13. The zero-order valence-corrected chi connectivity index (χ0v) is 15.2. The number of esters is 1. The summed E-state index contributed by atoms with van der Waals surface area (Å²) in [6, 6.07) is 0. The van der Waals surface area contributed by atoms with Crippen LogP contribution in [0, 0.1) is 17.3 Å². The van der Waals surface area contributed by atoms with Crippen LogP contribution in [0.5, 0.6) is 0 Å². The molecule has 0 radical (unpaired) electrons. The highest BCUT2D eigenvalue weighted by Gasteiger charge is 2.52. The molecule has 0 spiro atoms. The van der Waals surface area contributed by atoms with Crippen molar-refractivity contribution >= 4 is 11.9 Å². The van der Waals surface area contributed by atoms with Crippen LogP contribution in [0.1, 0.15) is 66.2 Å². The van der Waals surface area contributed by atoms with Crippen molar-refractivity contribution in [2.45, 2.75) is 77.4 Å². The van der Waals surface area contributed by atoms with Gasteiger partial charge in [-0.3, -0.25) is 9.59 Å². The Morgan fingerprint density at radius 3 is 2.62 bits per heavy atom. The van der Waals surface area contributed by atoms with Gasteiger partial charge in [0.05, 0.1) is 5.60 Å². The highest BCUT2D eigenvalue weighted by atomic mass is 16.6. The zero-order valence-electron chi connectivity index (χ0n) is 15.2. The molecule has 24 heavy (non-hydrogen) atoms. The normalized spacial score (nSPS) is 35.1. The minimum Gasteiger partial charge on any atom is -0.481 e. The molecule has 0 bridgehead atoms. The van der Waals surface area contributed by atoms with Crippen molar-refractivity contribution in [3.8, 4) is 0 Å². The number of rotatable bonds is 5. The summed E-state index contributed by atoms with van der Waals surface area (Å²) in [6.45, 7) is 7.80. The number of fused-ring (bicyclic) bond motifs is 1. The van der Waals surface area contributed by atoms with Crippen LogP contribution in [-0.4, -0.2) is 33.4 Å². The molecule has 1 saturated carbocycles. The molecule has 0 aromatic rings. The first-order valence-electron chi connectivity index (χ1n) is 8.82. The van der Waals surface area contributed by atoms with Crippen molar-refractivity contribution in [2.75, 3.05) is 0 Å². The van der Waals surface area contributed by atoms with E-state index < -0.39 is 17.2 Å². The van der Waals surface area contributed by atoms with Gasteiger partial charge in [-0.25, -0.2) is 0 Å². The quantitative estimate of drug-likeness (QED) is 0.593. The van der Waals surface area contributed by atoms with E-state index in [2.05, 4.69) is 6.92 Å². The Hall–Kier alpha value is -1.36. The van der Waals surface area contributed by atoms with E-state index in [1.54, 1.807) is 13.0 Å². The Bertz CT molecular complexity index is 534. The van der Waals surface area contributed by atoms with E-state index >= 15 is 0 Å². The Kier molecular flexibility index (Phi) is 5.14. The first-order valence-corrected chi connectivity index (χ1v) is 8.82. The lowest BCUT2D eigenvalue weighted by Gasteiger charge is -2.37. The molecule has 2 aliphatic rings. The fourth-order valence-electron chi connectivity index (χ4n) is 4.39. The predicted octanol–water partition coefficient (Wildman–Crippen LogP) is 3.31. The SMILES string of the molecule is CC(O)(C=CC1(C)CCC2C1CCC(=O)OC2(C)C)CCC(=O)O. The van der Waals surface area contributed by atoms with Crippen molar-refractivity contribution in [2.24, 2.45) is 17.3 Å². The van der Waals surface area contributed by atoms with E-state index in [1.165, 1.54) is 0 Å². The van der Waals surface area contributed by atoms with Gasteiger partial charge in [-0.2, -0.15) is 0 Å². The number of carboxylic acids is 1. The van der Waals surface area contributed by atoms with Gasteiger partial charge in [-0.1, -0.05) is 19.1 Å². The molecule has 2 rings (SSSR count). The molecule has 1 heterocycles. The first-order chi connectivity index (χ1) is 11.0. The molecule has 4 atom stereocenters. The molecular weight excluding hydrogens is 308 g/mol. The number of carbonyl (C=O) groups is 2. The van der Waals surface area contributed by atoms with E-state index in [1.807, 2.05) is 19.9 Å². The smallest absolute Gasteiger partial charge is 0.306 e. The fraction of sp³-hybridized carbons (Fsp3) is 0.789. The third-order valence-corrected chi connectivity index (χ3v) is 5.92. The maximum Gasteiger partial charge on any atom is 0.306 e. The van der Waals surface area contributed by atoms with Gasteiger partial charge in [0.15, 0.2) is 0 Å². The van der Waals surface area contributed by atoms with Crippen LogP contribution in [0.4, 0.5) is 0 Å². The number of allylic oxidation sites excluding steroid dienone is 1. The van der Waals surface area contributed by atoms with Gasteiger partial charge < -0.3 is 14.9 Å². The molecule has 0 amide bonds. The lowest BCUT2D eigenvalue weighted by Crippen LogP contribution is -2.38. The van der Waals surface area contributed by atoms with Crippen LogP contribution in [0.2, 0.25) is 0 Å². The van der Waals surface area contributed by atoms with E-state index in [0.717, 1.165) is 19.3 Å². The number of cyclic esters (lactones) is 1. The van der Waals surface area contributed by atoms with E-state index in [4.69, 9.17) is 9.84 Å². The Morgan fingerprint density at radius 1 is 1.33 bits per heavy atom. The highest BCUT2D eigenvalue weighted by molar-refractivity contribution is 5.70. The molecule has 0 aromatic carbocycles. The predicted molar refractivity (Wildman–Crippen MR) is 90.4 cm³/mol. The van der Waals surface area contributed by atoms with Gasteiger partial charge >= 0.3 is 11.9 Å². The highest BCUT2D eigenvalue weighted by Crippen LogP contribution is 2.55. The molecule has 0 aromatic heterocycles. The van der Waals surface area contributed by atoms with Crippen molar-refractivity contribution in [3.05, 3.63) is 12.2 Å². The summed E-state index contributed by atoms with van der Waals surface area (Å²) in [5, 5.41) is 19.2. The molecule has 4 unspecified atom stereocenters. The van der Waals surface area contributed by atoms with Gasteiger partial charge in [-0.05, 0) is 57.8 Å². The average Bonchev–Trinajstić information content (AvgIpc) is 2.73. The van der Waals surface area contributed by atoms with Gasteiger partial charge in [0.1, 0.15) is 5.60 Å². The Balaban J connectivity index is 2.16. The summed E-state index contributed by atoms with van der Waals surface area (Å²) in [4.78, 5) is 22.6. The average molecular weight is 338 g/mol. The summed E-state index contributed by atoms with van der Waals surface area (Å²) < 4.78 is 5.64. The second-order valence-corrected chi connectivity index (χ2v) is 8.46. The van der Waals surface area contributed by atoms with Gasteiger partial charge in [0, 0.05) is 18.8 Å². The van der Waals surface area contributed by atoms with Crippen LogP contribution < -0.4 is 0 Å². The van der Waals surface area contributed by atoms with Crippen LogP contribution in [0.3, 0.4) is 0 Å². The lowest BCUT2D eigenvalue weighted by molar-refractivity contribution is -0.159. The van der Waals surface area contributed by atoms with E-state index in [0.29, 0.717) is 18.3 Å². The molecular formula is C19H30O5. The number of carbonyl (C=O) groups excluding carboxylic acids is 1. The topological polar surface area (TPSA) is 83.8 Å². The largest absolute Gasteiger partial charge is 0.481 e. The van der Waals surface area contributed by atoms with Crippen LogP contribution in [0.15, 0.2) is 12.2 Å². The monoisotopic (exact) mass is 338 g/mol. The summed E-state index contributed by atoms with van der Waals surface area (Å²) in [6.07, 6.45) is 7.13. The summed E-state index contributed by atoms with van der Waals surface area (Å²) in [5.41, 5.74) is -1.70. The van der Waals surface area contributed by atoms with Gasteiger partial charge in [0.2, 0.25) is 0 Å². The van der Waals surface area contributed by atoms with E-state index in [9.17, 15) is 14.7 Å². The maximum atomic E-state index is 11.9. The third-order valence-electron chi connectivity index (χ3n) is 5.92. The molecule has 2 fully saturated rings. The third kappa shape index (κ3) is 4.18. The number of ether oxygens (including phenoxy) is 1. The molecule has 1 aliphatic carbocycles. The summed E-state index contributed by atoms with van der Waals surface area (Å²) >= 11 is 0. The molecule has 136 valence electrons. The number of hydrogen-bond donors (Lipinski definition) is 2. The van der Waals surface area contributed by atoms with Gasteiger partial charge in [-0.15, -0.1) is 0 Å². The maximum absolute atomic E-state index is 11.9.